The summed E-state index contributed by atoms with van der Waals surface area (Å²) in [6.07, 6.45) is -4.92. The van der Waals surface area contributed by atoms with Gasteiger partial charge in [0.2, 0.25) is 0 Å². The number of halogens is 4. The van der Waals surface area contributed by atoms with Crippen LogP contribution in [0.25, 0.3) is 0 Å². The van der Waals surface area contributed by atoms with Crippen molar-refractivity contribution in [1.29, 1.82) is 0 Å². The van der Waals surface area contributed by atoms with Gasteiger partial charge in [-0.1, -0.05) is 0 Å². The Labute approximate surface area is 117 Å². The van der Waals surface area contributed by atoms with E-state index >= 15 is 0 Å². The molecule has 0 aliphatic carbocycles. The van der Waals surface area contributed by atoms with Crippen LogP contribution in [0.3, 0.4) is 0 Å². The molecule has 2 N–H and O–H groups in total. The molecule has 1 amide bonds. The number of rotatable bonds is 4. The van der Waals surface area contributed by atoms with Crippen molar-refractivity contribution in [3.05, 3.63) is 35.1 Å². The lowest BCUT2D eigenvalue weighted by atomic mass is 10.0. The van der Waals surface area contributed by atoms with Crippen LogP contribution >= 0.6 is 0 Å². The second-order valence-corrected chi connectivity index (χ2v) is 4.58. The smallest absolute Gasteiger partial charge is 0.419 e. The van der Waals surface area contributed by atoms with Crippen molar-refractivity contribution in [2.75, 3.05) is 0 Å². The van der Waals surface area contributed by atoms with Crippen molar-refractivity contribution in [2.45, 2.75) is 26.1 Å². The minimum Gasteiger partial charge on any atom is -0.481 e. The number of amides is 1. The normalized spacial score (nSPS) is 14.4. The zero-order valence-corrected chi connectivity index (χ0v) is 11.2. The number of hydrogen-bond acceptors (Lipinski definition) is 2. The summed E-state index contributed by atoms with van der Waals surface area (Å²) in [5, 5.41) is 11.0. The van der Waals surface area contributed by atoms with Crippen LogP contribution in [0.5, 0.6) is 0 Å². The maximum atomic E-state index is 13.1. The van der Waals surface area contributed by atoms with Crippen LogP contribution in [-0.2, 0) is 11.0 Å². The molecule has 0 fully saturated rings. The lowest BCUT2D eigenvalue weighted by Gasteiger charge is -2.18. The first-order chi connectivity index (χ1) is 9.54. The third kappa shape index (κ3) is 4.17. The third-order valence-corrected chi connectivity index (χ3v) is 3.03. The molecule has 21 heavy (non-hydrogen) atoms. The first kappa shape index (κ1) is 16.9. The molecule has 0 aliphatic rings. The summed E-state index contributed by atoms with van der Waals surface area (Å²) in [5.41, 5.74) is -1.94. The quantitative estimate of drug-likeness (QED) is 0.841. The Bertz CT molecular complexity index is 557. The van der Waals surface area contributed by atoms with Gasteiger partial charge in [-0.05, 0) is 32.0 Å². The van der Waals surface area contributed by atoms with E-state index in [1.165, 1.54) is 13.8 Å². The Balaban J connectivity index is 2.97. The average Bonchev–Trinajstić information content (AvgIpc) is 2.36. The summed E-state index contributed by atoms with van der Waals surface area (Å²) in [4.78, 5) is 22.5. The number of carbonyl (C=O) groups is 2. The number of alkyl halides is 3. The highest BCUT2D eigenvalue weighted by molar-refractivity contribution is 5.94. The Hall–Kier alpha value is -2.12. The second-order valence-electron chi connectivity index (χ2n) is 4.58. The highest BCUT2D eigenvalue weighted by Crippen LogP contribution is 2.31. The van der Waals surface area contributed by atoms with Gasteiger partial charge < -0.3 is 10.4 Å². The van der Waals surface area contributed by atoms with Crippen LogP contribution in [0.15, 0.2) is 18.2 Å². The van der Waals surface area contributed by atoms with Gasteiger partial charge >= 0.3 is 12.1 Å². The van der Waals surface area contributed by atoms with E-state index in [0.29, 0.717) is 12.1 Å². The summed E-state index contributed by atoms with van der Waals surface area (Å²) in [5.74, 6) is -4.46. The molecular weight excluding hydrogens is 294 g/mol. The Kier molecular flexibility index (Phi) is 4.93. The van der Waals surface area contributed by atoms with Gasteiger partial charge in [0.05, 0.1) is 11.5 Å². The molecule has 1 aromatic rings. The number of carboxylic acid groups (broad SMARTS) is 1. The van der Waals surface area contributed by atoms with Gasteiger partial charge in [-0.25, -0.2) is 4.39 Å². The van der Waals surface area contributed by atoms with Gasteiger partial charge in [0.1, 0.15) is 5.82 Å². The summed E-state index contributed by atoms with van der Waals surface area (Å²) in [6.45, 7) is 2.75. The van der Waals surface area contributed by atoms with Gasteiger partial charge in [-0.2, -0.15) is 13.2 Å². The molecule has 0 spiro atoms. The maximum Gasteiger partial charge on any atom is 0.419 e. The van der Waals surface area contributed by atoms with E-state index in [-0.39, 0.29) is 0 Å². The number of hydrogen-bond donors (Lipinski definition) is 2. The van der Waals surface area contributed by atoms with E-state index in [1.807, 2.05) is 0 Å². The fourth-order valence-corrected chi connectivity index (χ4v) is 1.51. The average molecular weight is 307 g/mol. The van der Waals surface area contributed by atoms with Gasteiger partial charge in [0, 0.05) is 11.6 Å². The molecule has 2 unspecified atom stereocenters. The Morgan fingerprint density at radius 3 is 2.29 bits per heavy atom. The molecule has 1 aromatic carbocycles. The highest BCUT2D eigenvalue weighted by atomic mass is 19.4. The molecule has 0 radical (unpaired) electrons. The molecular formula is C13H13F4NO3. The highest BCUT2D eigenvalue weighted by Gasteiger charge is 2.34. The first-order valence-corrected chi connectivity index (χ1v) is 5.94. The van der Waals surface area contributed by atoms with Crippen molar-refractivity contribution in [2.24, 2.45) is 5.92 Å². The molecule has 0 saturated heterocycles. The van der Waals surface area contributed by atoms with Crippen LogP contribution in [0.1, 0.15) is 29.8 Å². The number of benzene rings is 1. The van der Waals surface area contributed by atoms with Crippen LogP contribution in [-0.4, -0.2) is 23.0 Å². The van der Waals surface area contributed by atoms with Crippen LogP contribution < -0.4 is 5.32 Å². The monoisotopic (exact) mass is 307 g/mol. The fraction of sp³-hybridized carbons (Fsp3) is 0.385. The zero-order valence-electron chi connectivity index (χ0n) is 11.2. The largest absolute Gasteiger partial charge is 0.481 e. The van der Waals surface area contributed by atoms with E-state index in [0.717, 1.165) is 6.07 Å². The Morgan fingerprint density at radius 1 is 1.24 bits per heavy atom. The first-order valence-electron chi connectivity index (χ1n) is 5.94. The topological polar surface area (TPSA) is 66.4 Å². The summed E-state index contributed by atoms with van der Waals surface area (Å²) in [6, 6.07) is 1.04. The zero-order chi connectivity index (χ0) is 16.4. The number of aliphatic carboxylic acids is 1. The van der Waals surface area contributed by atoms with Crippen molar-refractivity contribution in [3.8, 4) is 0 Å². The molecule has 116 valence electrons. The van der Waals surface area contributed by atoms with E-state index in [4.69, 9.17) is 5.11 Å². The molecule has 4 nitrogen and oxygen atoms in total. The molecule has 8 heteroatoms. The molecule has 0 saturated carbocycles. The fourth-order valence-electron chi connectivity index (χ4n) is 1.51. The van der Waals surface area contributed by atoms with E-state index < -0.39 is 47.0 Å². The Morgan fingerprint density at radius 2 is 1.81 bits per heavy atom. The molecule has 0 bridgehead atoms. The summed E-state index contributed by atoms with van der Waals surface area (Å²) < 4.78 is 50.7. The van der Waals surface area contributed by atoms with Gasteiger partial charge in [-0.3, -0.25) is 9.59 Å². The van der Waals surface area contributed by atoms with Crippen molar-refractivity contribution >= 4 is 11.9 Å². The third-order valence-electron chi connectivity index (χ3n) is 3.03. The standard InChI is InChI=1S/C13H13F4NO3/c1-6(12(20)21)7(2)18-11(19)8-3-4-10(14)9(5-8)13(15,16)17/h3-7H,1-2H3,(H,18,19)(H,20,21). The van der Waals surface area contributed by atoms with Gasteiger partial charge in [-0.15, -0.1) is 0 Å². The molecule has 0 aliphatic heterocycles. The predicted molar refractivity (Wildman–Crippen MR) is 65.1 cm³/mol. The molecule has 0 heterocycles. The van der Waals surface area contributed by atoms with Crippen LogP contribution in [0.2, 0.25) is 0 Å². The molecule has 1 rings (SSSR count). The van der Waals surface area contributed by atoms with E-state index in [9.17, 15) is 27.2 Å². The van der Waals surface area contributed by atoms with E-state index in [1.54, 1.807) is 0 Å². The minimum atomic E-state index is -4.92. The molecule has 0 aromatic heterocycles. The van der Waals surface area contributed by atoms with E-state index in [2.05, 4.69) is 5.32 Å². The minimum absolute atomic E-state index is 0.392. The molecule has 2 atom stereocenters. The number of nitrogens with one attached hydrogen (secondary N) is 1. The van der Waals surface area contributed by atoms with Crippen molar-refractivity contribution in [1.82, 2.24) is 5.32 Å². The van der Waals surface area contributed by atoms with Crippen molar-refractivity contribution < 1.29 is 32.3 Å². The van der Waals surface area contributed by atoms with Gasteiger partial charge in [0.15, 0.2) is 0 Å². The van der Waals surface area contributed by atoms with Crippen molar-refractivity contribution in [3.63, 3.8) is 0 Å². The summed E-state index contributed by atoms with van der Waals surface area (Å²) >= 11 is 0. The SMILES string of the molecule is CC(NC(=O)c1ccc(F)c(C(F)(F)F)c1)C(C)C(=O)O. The van der Waals surface area contributed by atoms with Gasteiger partial charge in [0.25, 0.3) is 5.91 Å². The second kappa shape index (κ2) is 6.11. The predicted octanol–water partition coefficient (Wildman–Crippen LogP) is 2.68. The van der Waals surface area contributed by atoms with Crippen LogP contribution in [0, 0.1) is 11.7 Å². The van der Waals surface area contributed by atoms with Crippen LogP contribution in [0.4, 0.5) is 17.6 Å². The lowest BCUT2D eigenvalue weighted by molar-refractivity contribution is -0.142. The number of carbonyl (C=O) groups excluding carboxylic acids is 1. The maximum absolute atomic E-state index is 13.1. The lowest BCUT2D eigenvalue weighted by Crippen LogP contribution is -2.40. The number of carboxylic acids is 1. The summed E-state index contributed by atoms with van der Waals surface area (Å²) in [7, 11) is 0.